The largest absolute Gasteiger partial charge is 0.496 e. The van der Waals surface area contributed by atoms with Crippen LogP contribution in [0.2, 0.25) is 0 Å². The van der Waals surface area contributed by atoms with Crippen molar-refractivity contribution >= 4 is 12.0 Å². The number of hydrogen-bond donors (Lipinski definition) is 1. The first-order valence-electron chi connectivity index (χ1n) is 8.33. The second-order valence-corrected chi connectivity index (χ2v) is 5.38. The number of methoxy groups -OCH3 is 1. The molecule has 27 heavy (non-hydrogen) atoms. The molecule has 144 valence electrons. The van der Waals surface area contributed by atoms with Crippen molar-refractivity contribution < 1.29 is 27.8 Å². The number of para-hydroxylation sites is 1. The highest BCUT2D eigenvalue weighted by atomic mass is 19.3. The van der Waals surface area contributed by atoms with Gasteiger partial charge in [0.05, 0.1) is 13.7 Å². The molecule has 0 aromatic heterocycles. The standard InChI is InChI=1S/C20H21F2NO4/c1-3-26-18-12-14(8-10-17(18)27-20(21)22)9-11-19(24)23-13-15-6-4-5-7-16(15)25-2/h4-12,20H,3,13H2,1-2H3,(H,23,24)/b11-9+. The van der Waals surface area contributed by atoms with Crippen LogP contribution in [0, 0.1) is 0 Å². The number of carbonyl (C=O) groups excluding carboxylic acids is 1. The van der Waals surface area contributed by atoms with E-state index in [1.54, 1.807) is 26.2 Å². The van der Waals surface area contributed by atoms with Gasteiger partial charge in [0.1, 0.15) is 5.75 Å². The fourth-order valence-corrected chi connectivity index (χ4v) is 2.35. The van der Waals surface area contributed by atoms with E-state index in [4.69, 9.17) is 9.47 Å². The van der Waals surface area contributed by atoms with Gasteiger partial charge in [0.15, 0.2) is 11.5 Å². The summed E-state index contributed by atoms with van der Waals surface area (Å²) in [7, 11) is 1.57. The number of halogens is 2. The van der Waals surface area contributed by atoms with Gasteiger partial charge in [-0.15, -0.1) is 0 Å². The number of rotatable bonds is 9. The smallest absolute Gasteiger partial charge is 0.387 e. The first-order valence-corrected chi connectivity index (χ1v) is 8.33. The summed E-state index contributed by atoms with van der Waals surface area (Å²) in [6, 6.07) is 11.9. The molecule has 0 spiro atoms. The molecule has 0 saturated carbocycles. The fourth-order valence-electron chi connectivity index (χ4n) is 2.35. The van der Waals surface area contributed by atoms with Crippen molar-refractivity contribution in [2.24, 2.45) is 0 Å². The third kappa shape index (κ3) is 6.29. The zero-order valence-electron chi connectivity index (χ0n) is 15.1. The highest BCUT2D eigenvalue weighted by molar-refractivity contribution is 5.91. The average molecular weight is 377 g/mol. The number of carbonyl (C=O) groups is 1. The van der Waals surface area contributed by atoms with E-state index in [9.17, 15) is 13.6 Å². The number of amides is 1. The predicted octanol–water partition coefficient (Wildman–Crippen LogP) is 4.02. The number of ether oxygens (including phenoxy) is 3. The summed E-state index contributed by atoms with van der Waals surface area (Å²) in [5.74, 6) is 0.531. The van der Waals surface area contributed by atoms with Gasteiger partial charge >= 0.3 is 6.61 Å². The minimum absolute atomic E-state index is 0.0513. The molecule has 0 saturated heterocycles. The summed E-state index contributed by atoms with van der Waals surface area (Å²) in [4.78, 5) is 12.0. The molecule has 0 bridgehead atoms. The van der Waals surface area contributed by atoms with E-state index < -0.39 is 6.61 Å². The summed E-state index contributed by atoms with van der Waals surface area (Å²) in [5.41, 5.74) is 1.47. The topological polar surface area (TPSA) is 56.8 Å². The Labute approximate surface area is 156 Å². The number of benzene rings is 2. The highest BCUT2D eigenvalue weighted by Crippen LogP contribution is 2.30. The summed E-state index contributed by atoms with van der Waals surface area (Å²) < 4.78 is 39.8. The Morgan fingerprint density at radius 3 is 2.63 bits per heavy atom. The van der Waals surface area contributed by atoms with Gasteiger partial charge in [-0.1, -0.05) is 24.3 Å². The minimum Gasteiger partial charge on any atom is -0.496 e. The Kier molecular flexibility index (Phi) is 7.61. The van der Waals surface area contributed by atoms with Gasteiger partial charge in [0, 0.05) is 18.2 Å². The maximum atomic E-state index is 12.4. The third-order valence-electron chi connectivity index (χ3n) is 3.56. The van der Waals surface area contributed by atoms with Gasteiger partial charge in [-0.25, -0.2) is 0 Å². The van der Waals surface area contributed by atoms with E-state index in [1.807, 2.05) is 24.3 Å². The maximum absolute atomic E-state index is 12.4. The lowest BCUT2D eigenvalue weighted by Gasteiger charge is -2.11. The van der Waals surface area contributed by atoms with Crippen LogP contribution in [0.3, 0.4) is 0 Å². The van der Waals surface area contributed by atoms with E-state index >= 15 is 0 Å². The van der Waals surface area contributed by atoms with Crippen molar-refractivity contribution in [3.8, 4) is 17.2 Å². The quantitative estimate of drug-likeness (QED) is 0.671. The second kappa shape index (κ2) is 10.2. The number of alkyl halides is 2. The molecule has 0 heterocycles. The monoisotopic (exact) mass is 377 g/mol. The molecule has 0 aliphatic rings. The molecule has 7 heteroatoms. The predicted molar refractivity (Wildman–Crippen MR) is 98.1 cm³/mol. The van der Waals surface area contributed by atoms with Crippen molar-refractivity contribution in [2.75, 3.05) is 13.7 Å². The molecule has 0 radical (unpaired) electrons. The highest BCUT2D eigenvalue weighted by Gasteiger charge is 2.11. The first kappa shape index (κ1) is 20.2. The molecule has 0 fully saturated rings. The van der Waals surface area contributed by atoms with E-state index in [2.05, 4.69) is 10.1 Å². The molecule has 0 aliphatic carbocycles. The Morgan fingerprint density at radius 1 is 1.15 bits per heavy atom. The molecule has 1 amide bonds. The van der Waals surface area contributed by atoms with Gasteiger partial charge in [0.2, 0.25) is 5.91 Å². The maximum Gasteiger partial charge on any atom is 0.387 e. The number of hydrogen-bond acceptors (Lipinski definition) is 4. The first-order chi connectivity index (χ1) is 13.0. The van der Waals surface area contributed by atoms with E-state index in [-0.39, 0.29) is 17.4 Å². The SMILES string of the molecule is CCOc1cc(/C=C/C(=O)NCc2ccccc2OC)ccc1OC(F)F. The molecule has 5 nitrogen and oxygen atoms in total. The van der Waals surface area contributed by atoms with Crippen molar-refractivity contribution in [1.29, 1.82) is 0 Å². The average Bonchev–Trinajstić information content (AvgIpc) is 2.66. The summed E-state index contributed by atoms with van der Waals surface area (Å²) in [6.07, 6.45) is 2.92. The van der Waals surface area contributed by atoms with Crippen LogP contribution in [0.15, 0.2) is 48.5 Å². The van der Waals surface area contributed by atoms with Crippen molar-refractivity contribution in [3.05, 3.63) is 59.7 Å². The normalized spacial score (nSPS) is 10.9. The molecule has 2 rings (SSSR count). The van der Waals surface area contributed by atoms with Crippen LogP contribution < -0.4 is 19.5 Å². The lowest BCUT2D eigenvalue weighted by molar-refractivity contribution is -0.116. The zero-order valence-corrected chi connectivity index (χ0v) is 15.1. The van der Waals surface area contributed by atoms with Crippen LogP contribution in [-0.2, 0) is 11.3 Å². The molecule has 1 N–H and O–H groups in total. The van der Waals surface area contributed by atoms with Crippen LogP contribution in [0.5, 0.6) is 17.2 Å². The lowest BCUT2D eigenvalue weighted by Crippen LogP contribution is -2.20. The van der Waals surface area contributed by atoms with Crippen molar-refractivity contribution in [1.82, 2.24) is 5.32 Å². The van der Waals surface area contributed by atoms with Crippen LogP contribution in [-0.4, -0.2) is 26.2 Å². The van der Waals surface area contributed by atoms with Crippen molar-refractivity contribution in [3.63, 3.8) is 0 Å². The Balaban J connectivity index is 2.01. The van der Waals surface area contributed by atoms with Crippen LogP contribution >= 0.6 is 0 Å². The molecule has 2 aromatic rings. The molecule has 0 unspecified atom stereocenters. The second-order valence-electron chi connectivity index (χ2n) is 5.38. The van der Waals surface area contributed by atoms with Gasteiger partial charge < -0.3 is 19.5 Å². The van der Waals surface area contributed by atoms with E-state index in [0.29, 0.717) is 24.5 Å². The summed E-state index contributed by atoms with van der Waals surface area (Å²) >= 11 is 0. The van der Waals surface area contributed by atoms with Crippen molar-refractivity contribution in [2.45, 2.75) is 20.1 Å². The zero-order chi connectivity index (χ0) is 19.6. The lowest BCUT2D eigenvalue weighted by atomic mass is 10.1. The Hall–Kier alpha value is -3.09. The third-order valence-corrected chi connectivity index (χ3v) is 3.56. The van der Waals surface area contributed by atoms with Gasteiger partial charge in [0.25, 0.3) is 0 Å². The van der Waals surface area contributed by atoms with E-state index in [0.717, 1.165) is 5.56 Å². The van der Waals surface area contributed by atoms with Gasteiger partial charge in [-0.3, -0.25) is 4.79 Å². The van der Waals surface area contributed by atoms with Crippen LogP contribution in [0.4, 0.5) is 8.78 Å². The van der Waals surface area contributed by atoms with E-state index in [1.165, 1.54) is 18.2 Å². The Bertz CT molecular complexity index is 793. The van der Waals surface area contributed by atoms with Crippen LogP contribution in [0.1, 0.15) is 18.1 Å². The minimum atomic E-state index is -2.94. The Morgan fingerprint density at radius 2 is 1.93 bits per heavy atom. The fraction of sp³-hybridized carbons (Fsp3) is 0.250. The molecule has 2 aromatic carbocycles. The molecule has 0 aliphatic heterocycles. The van der Waals surface area contributed by atoms with Gasteiger partial charge in [-0.2, -0.15) is 8.78 Å². The van der Waals surface area contributed by atoms with Crippen LogP contribution in [0.25, 0.3) is 6.08 Å². The summed E-state index contributed by atoms with van der Waals surface area (Å²) in [5, 5.41) is 2.76. The molecular weight excluding hydrogens is 356 g/mol. The molecule has 0 atom stereocenters. The summed E-state index contributed by atoms with van der Waals surface area (Å²) in [6.45, 7) is -0.587. The number of nitrogens with one attached hydrogen (secondary N) is 1. The molecular formula is C20H21F2NO4. The van der Waals surface area contributed by atoms with Gasteiger partial charge in [-0.05, 0) is 36.8 Å².